The minimum atomic E-state index is 0.142. The van der Waals surface area contributed by atoms with Crippen molar-refractivity contribution in [1.29, 1.82) is 0 Å². The van der Waals surface area contributed by atoms with Crippen LogP contribution in [0.5, 0.6) is 0 Å². The molecule has 3 atom stereocenters. The van der Waals surface area contributed by atoms with Crippen LogP contribution in [0.3, 0.4) is 0 Å². The molecule has 0 aliphatic heterocycles. The van der Waals surface area contributed by atoms with E-state index >= 15 is 0 Å². The van der Waals surface area contributed by atoms with Gasteiger partial charge in [0.25, 0.3) is 0 Å². The summed E-state index contributed by atoms with van der Waals surface area (Å²) < 4.78 is 0. The summed E-state index contributed by atoms with van der Waals surface area (Å²) in [5, 5.41) is 0. The van der Waals surface area contributed by atoms with Crippen LogP contribution in [0.25, 0.3) is 11.1 Å². The van der Waals surface area contributed by atoms with E-state index in [1.54, 1.807) is 0 Å². The molecule has 0 saturated carbocycles. The lowest BCUT2D eigenvalue weighted by Gasteiger charge is -2.30. The lowest BCUT2D eigenvalue weighted by molar-refractivity contribution is 0.506. The Morgan fingerprint density at radius 3 is 1.00 bits per heavy atom. The number of benzene rings is 6. The second-order valence-electron chi connectivity index (χ2n) is 17.2. The molecular weight excluding hydrogens is 687 g/mol. The van der Waals surface area contributed by atoms with Gasteiger partial charge in [-0.05, 0) is 155 Å². The van der Waals surface area contributed by atoms with Crippen molar-refractivity contribution in [2.45, 2.75) is 117 Å². The lowest BCUT2D eigenvalue weighted by atomic mass is 9.71. The molecule has 0 bridgehead atoms. The van der Waals surface area contributed by atoms with Crippen molar-refractivity contribution in [2.75, 3.05) is 9.80 Å². The highest BCUT2D eigenvalue weighted by molar-refractivity contribution is 6.09. The van der Waals surface area contributed by atoms with Crippen molar-refractivity contribution in [1.82, 2.24) is 0 Å². The van der Waals surface area contributed by atoms with Gasteiger partial charge >= 0.3 is 0 Å². The summed E-state index contributed by atoms with van der Waals surface area (Å²) in [5.41, 5.74) is 15.2. The molecule has 57 heavy (non-hydrogen) atoms. The molecule has 294 valence electrons. The molecular formula is C54H65BN2. The Kier molecular flexibility index (Phi) is 13.2. The number of hydrogen-bond donors (Lipinski definition) is 0. The van der Waals surface area contributed by atoms with Crippen LogP contribution in [0, 0.1) is 0 Å². The molecule has 0 aliphatic carbocycles. The maximum absolute atomic E-state index is 2.39. The van der Waals surface area contributed by atoms with Crippen LogP contribution >= 0.6 is 0 Å². The van der Waals surface area contributed by atoms with E-state index < -0.39 is 0 Å². The average molecular weight is 753 g/mol. The van der Waals surface area contributed by atoms with Gasteiger partial charge < -0.3 is 9.80 Å². The van der Waals surface area contributed by atoms with E-state index in [1.807, 2.05) is 0 Å². The predicted octanol–water partition coefficient (Wildman–Crippen LogP) is 15.7. The third-order valence-corrected chi connectivity index (χ3v) is 13.4. The summed E-state index contributed by atoms with van der Waals surface area (Å²) in [4.78, 5) is 4.78. The number of anilines is 6. The Morgan fingerprint density at radius 2 is 0.719 bits per heavy atom. The van der Waals surface area contributed by atoms with Gasteiger partial charge in [0.05, 0.1) is 0 Å². The Labute approximate surface area is 346 Å². The molecule has 0 N–H and O–H groups in total. The molecule has 6 aromatic rings. The summed E-state index contributed by atoms with van der Waals surface area (Å²) in [5.74, 6) is 1.08. The SMILES string of the molecule is BCC(C)(CC)c1ccc(N(c2ccc(-c3ccc(N(c4ccc(C(C)CC)cc4)c4ccc(C(C)(C)CC)cc4)cc3)cc2)c2ccc(C(C)CC)cc2)cc1. The van der Waals surface area contributed by atoms with E-state index in [1.165, 1.54) is 56.1 Å². The van der Waals surface area contributed by atoms with E-state index in [0.717, 1.165) is 43.4 Å². The molecule has 3 unspecified atom stereocenters. The summed E-state index contributed by atoms with van der Waals surface area (Å²) in [7, 11) is 2.30. The molecule has 0 saturated heterocycles. The summed E-state index contributed by atoms with van der Waals surface area (Å²) in [6, 6.07) is 54.9. The zero-order valence-corrected chi connectivity index (χ0v) is 36.4. The standard InChI is InChI=1S/C54H65BN2/c1-10-39(5)41-14-26-47(27-15-41)56(51-34-22-45(23-35-51)53(7,8)12-3)49-30-18-43(19-31-49)44-20-32-50(33-21-44)57(48-28-16-42(17-29-48)40(6)11-2)52-36-24-46(25-37-52)54(9,13-4)38-55/h14-37,39-40H,10-13,38,55H2,1-9H3. The minimum Gasteiger partial charge on any atom is -0.311 e. The zero-order chi connectivity index (χ0) is 40.7. The van der Waals surface area contributed by atoms with Crippen molar-refractivity contribution in [3.63, 3.8) is 0 Å². The highest BCUT2D eigenvalue weighted by Crippen LogP contribution is 2.41. The van der Waals surface area contributed by atoms with Crippen LogP contribution in [-0.2, 0) is 10.8 Å². The third-order valence-electron chi connectivity index (χ3n) is 13.4. The van der Waals surface area contributed by atoms with E-state index in [2.05, 4.69) is 226 Å². The fraction of sp³-hybridized carbons (Fsp3) is 0.333. The van der Waals surface area contributed by atoms with Crippen LogP contribution in [0.2, 0.25) is 6.32 Å². The predicted molar refractivity (Wildman–Crippen MR) is 253 cm³/mol. The van der Waals surface area contributed by atoms with Crippen molar-refractivity contribution < 1.29 is 0 Å². The largest absolute Gasteiger partial charge is 0.311 e. The third kappa shape index (κ3) is 9.09. The topological polar surface area (TPSA) is 6.48 Å². The van der Waals surface area contributed by atoms with Gasteiger partial charge in [0.2, 0.25) is 0 Å². The van der Waals surface area contributed by atoms with Gasteiger partial charge in [0, 0.05) is 34.1 Å². The van der Waals surface area contributed by atoms with E-state index in [0.29, 0.717) is 11.8 Å². The van der Waals surface area contributed by atoms with E-state index in [4.69, 9.17) is 0 Å². The van der Waals surface area contributed by atoms with Crippen molar-refractivity contribution in [2.24, 2.45) is 0 Å². The Bertz CT molecular complexity index is 2140. The molecule has 0 fully saturated rings. The van der Waals surface area contributed by atoms with Crippen molar-refractivity contribution in [3.8, 4) is 11.1 Å². The number of nitrogens with zero attached hydrogens (tertiary/aromatic N) is 2. The van der Waals surface area contributed by atoms with Gasteiger partial charge in [-0.15, -0.1) is 0 Å². The van der Waals surface area contributed by atoms with Crippen LogP contribution in [0.4, 0.5) is 34.1 Å². The Morgan fingerprint density at radius 1 is 0.421 bits per heavy atom. The van der Waals surface area contributed by atoms with Crippen LogP contribution in [0.15, 0.2) is 146 Å². The van der Waals surface area contributed by atoms with Crippen molar-refractivity contribution in [3.05, 3.63) is 168 Å². The van der Waals surface area contributed by atoms with E-state index in [-0.39, 0.29) is 10.8 Å². The quantitative estimate of drug-likeness (QED) is 0.0909. The van der Waals surface area contributed by atoms with Crippen LogP contribution in [0.1, 0.15) is 122 Å². The van der Waals surface area contributed by atoms with Crippen LogP contribution < -0.4 is 9.80 Å². The van der Waals surface area contributed by atoms with Gasteiger partial charge in [-0.3, -0.25) is 0 Å². The van der Waals surface area contributed by atoms with Crippen molar-refractivity contribution >= 4 is 42.0 Å². The zero-order valence-electron chi connectivity index (χ0n) is 36.4. The number of hydrogen-bond acceptors (Lipinski definition) is 2. The molecule has 0 spiro atoms. The molecule has 0 radical (unpaired) electrons. The molecule has 0 aromatic heterocycles. The number of rotatable bonds is 16. The molecule has 0 heterocycles. The Balaban J connectivity index is 1.33. The van der Waals surface area contributed by atoms with Gasteiger partial charge in [0.1, 0.15) is 7.85 Å². The Hall–Kier alpha value is -5.02. The first-order chi connectivity index (χ1) is 27.4. The lowest BCUT2D eigenvalue weighted by Crippen LogP contribution is -2.20. The normalized spacial score (nSPS) is 13.8. The molecule has 2 nitrogen and oxygen atoms in total. The van der Waals surface area contributed by atoms with Gasteiger partial charge in [-0.25, -0.2) is 0 Å². The molecule has 0 aliphatic rings. The average Bonchev–Trinajstić information content (AvgIpc) is 3.27. The first kappa shape index (κ1) is 41.6. The first-order valence-electron chi connectivity index (χ1n) is 21.7. The molecule has 3 heteroatoms. The second-order valence-corrected chi connectivity index (χ2v) is 17.2. The monoisotopic (exact) mass is 753 g/mol. The van der Waals surface area contributed by atoms with Crippen LogP contribution in [-0.4, -0.2) is 7.85 Å². The van der Waals surface area contributed by atoms with Gasteiger partial charge in [-0.1, -0.05) is 141 Å². The van der Waals surface area contributed by atoms with E-state index in [9.17, 15) is 0 Å². The second kappa shape index (κ2) is 18.1. The summed E-state index contributed by atoms with van der Waals surface area (Å²) >= 11 is 0. The highest BCUT2D eigenvalue weighted by atomic mass is 15.1. The maximum Gasteiger partial charge on any atom is 0.102 e. The smallest absolute Gasteiger partial charge is 0.102 e. The fourth-order valence-electron chi connectivity index (χ4n) is 7.81. The highest BCUT2D eigenvalue weighted by Gasteiger charge is 2.23. The van der Waals surface area contributed by atoms with Gasteiger partial charge in [0.15, 0.2) is 0 Å². The summed E-state index contributed by atoms with van der Waals surface area (Å²) in [6.07, 6.45) is 5.62. The maximum atomic E-state index is 2.39. The minimum absolute atomic E-state index is 0.142. The molecule has 0 amide bonds. The fourth-order valence-corrected chi connectivity index (χ4v) is 7.81. The molecule has 6 rings (SSSR count). The van der Waals surface area contributed by atoms with Gasteiger partial charge in [-0.2, -0.15) is 0 Å². The molecule has 6 aromatic carbocycles. The first-order valence-corrected chi connectivity index (χ1v) is 21.7. The summed E-state index contributed by atoms with van der Waals surface area (Å²) in [6.45, 7) is 20.7.